The van der Waals surface area contributed by atoms with Crippen molar-refractivity contribution < 1.29 is 9.18 Å². The molecule has 0 unspecified atom stereocenters. The second kappa shape index (κ2) is 7.12. The first kappa shape index (κ1) is 16.0. The maximum absolute atomic E-state index is 13.7. The molecule has 122 valence electrons. The van der Waals surface area contributed by atoms with Crippen LogP contribution >= 0.6 is 11.8 Å². The first-order chi connectivity index (χ1) is 11.1. The van der Waals surface area contributed by atoms with Crippen LogP contribution < -0.4 is 0 Å². The average Bonchev–Trinajstić information content (AvgIpc) is 3.02. The lowest BCUT2D eigenvalue weighted by Crippen LogP contribution is -2.40. The van der Waals surface area contributed by atoms with Gasteiger partial charge < -0.3 is 4.90 Å². The van der Waals surface area contributed by atoms with Crippen molar-refractivity contribution in [2.75, 3.05) is 18.8 Å². The Kier molecular flexibility index (Phi) is 4.95. The monoisotopic (exact) mass is 334 g/mol. The highest BCUT2D eigenvalue weighted by molar-refractivity contribution is 7.99. The Morgan fingerprint density at radius 1 is 1.48 bits per heavy atom. The number of carbonyl (C=O) groups excluding carboxylic acids is 1. The molecule has 23 heavy (non-hydrogen) atoms. The maximum atomic E-state index is 13.7. The Hall–Kier alpha value is -1.89. The molecule has 0 aliphatic carbocycles. The van der Waals surface area contributed by atoms with Crippen molar-refractivity contribution in [2.24, 2.45) is 5.92 Å². The van der Waals surface area contributed by atoms with Gasteiger partial charge >= 0.3 is 0 Å². The molecule has 1 fully saturated rings. The fourth-order valence-corrected chi connectivity index (χ4v) is 3.42. The summed E-state index contributed by atoms with van der Waals surface area (Å²) in [5, 5.41) is 7.24. The molecular formula is C16H19FN4OS. The summed E-state index contributed by atoms with van der Waals surface area (Å²) in [6.45, 7) is 3.83. The van der Waals surface area contributed by atoms with E-state index in [9.17, 15) is 9.18 Å². The number of piperidine rings is 1. The molecule has 1 atom stereocenters. The summed E-state index contributed by atoms with van der Waals surface area (Å²) < 4.78 is 13.7. The SMILES string of the molecule is C[C@H]1CCCN(C(=O)CSc2n[nH]c(-c3ccccc3F)n2)C1. The summed E-state index contributed by atoms with van der Waals surface area (Å²) in [4.78, 5) is 18.4. The van der Waals surface area contributed by atoms with Gasteiger partial charge in [-0.25, -0.2) is 9.37 Å². The summed E-state index contributed by atoms with van der Waals surface area (Å²) in [5.74, 6) is 1.01. The molecule has 0 bridgehead atoms. The van der Waals surface area contributed by atoms with Crippen LogP contribution in [0.2, 0.25) is 0 Å². The molecule has 1 N–H and O–H groups in total. The lowest BCUT2D eigenvalue weighted by atomic mass is 10.0. The van der Waals surface area contributed by atoms with E-state index >= 15 is 0 Å². The van der Waals surface area contributed by atoms with Crippen LogP contribution in [0.1, 0.15) is 19.8 Å². The van der Waals surface area contributed by atoms with E-state index in [0.29, 0.717) is 28.2 Å². The second-order valence-corrected chi connectivity index (χ2v) is 6.76. The molecule has 0 saturated carbocycles. The molecule has 1 aromatic heterocycles. The van der Waals surface area contributed by atoms with Gasteiger partial charge in [0.05, 0.1) is 11.3 Å². The number of nitrogens with zero attached hydrogens (tertiary/aromatic N) is 3. The van der Waals surface area contributed by atoms with E-state index in [1.54, 1.807) is 18.2 Å². The van der Waals surface area contributed by atoms with Gasteiger partial charge in [0, 0.05) is 13.1 Å². The average molecular weight is 334 g/mol. The Balaban J connectivity index is 1.59. The fourth-order valence-electron chi connectivity index (χ4n) is 2.72. The van der Waals surface area contributed by atoms with Crippen molar-refractivity contribution >= 4 is 17.7 Å². The highest BCUT2D eigenvalue weighted by Crippen LogP contribution is 2.22. The van der Waals surface area contributed by atoms with Crippen LogP contribution in [-0.4, -0.2) is 44.8 Å². The van der Waals surface area contributed by atoms with Crippen LogP contribution in [-0.2, 0) is 4.79 Å². The third kappa shape index (κ3) is 3.90. The minimum Gasteiger partial charge on any atom is -0.342 e. The van der Waals surface area contributed by atoms with E-state index in [1.807, 2.05) is 4.90 Å². The van der Waals surface area contributed by atoms with Crippen molar-refractivity contribution in [3.63, 3.8) is 0 Å². The molecule has 0 spiro atoms. The van der Waals surface area contributed by atoms with Crippen LogP contribution in [0.3, 0.4) is 0 Å². The molecule has 3 rings (SSSR count). The van der Waals surface area contributed by atoms with Gasteiger partial charge in [-0.05, 0) is 30.9 Å². The molecule has 2 heterocycles. The van der Waals surface area contributed by atoms with Crippen LogP contribution in [0.4, 0.5) is 4.39 Å². The number of thioether (sulfide) groups is 1. The lowest BCUT2D eigenvalue weighted by molar-refractivity contribution is -0.130. The zero-order chi connectivity index (χ0) is 16.2. The van der Waals surface area contributed by atoms with Gasteiger partial charge in [0.1, 0.15) is 5.82 Å². The molecule has 1 saturated heterocycles. The number of amides is 1. The van der Waals surface area contributed by atoms with Crippen molar-refractivity contribution in [1.29, 1.82) is 0 Å². The van der Waals surface area contributed by atoms with E-state index in [1.165, 1.54) is 24.2 Å². The molecule has 1 aliphatic heterocycles. The van der Waals surface area contributed by atoms with Gasteiger partial charge in [0.25, 0.3) is 0 Å². The van der Waals surface area contributed by atoms with Gasteiger partial charge in [-0.3, -0.25) is 9.89 Å². The van der Waals surface area contributed by atoms with Crippen molar-refractivity contribution in [1.82, 2.24) is 20.1 Å². The fraction of sp³-hybridized carbons (Fsp3) is 0.438. The molecular weight excluding hydrogens is 315 g/mol. The zero-order valence-electron chi connectivity index (χ0n) is 13.0. The molecule has 7 heteroatoms. The number of carbonyl (C=O) groups is 1. The highest BCUT2D eigenvalue weighted by Gasteiger charge is 2.21. The number of rotatable bonds is 4. The van der Waals surface area contributed by atoms with Crippen molar-refractivity contribution in [3.05, 3.63) is 30.1 Å². The van der Waals surface area contributed by atoms with Crippen LogP contribution in [0.5, 0.6) is 0 Å². The molecule has 2 aromatic rings. The summed E-state index contributed by atoms with van der Waals surface area (Å²) in [6, 6.07) is 6.40. The van der Waals surface area contributed by atoms with Gasteiger partial charge in [-0.1, -0.05) is 30.8 Å². The van der Waals surface area contributed by atoms with Gasteiger partial charge in [0.15, 0.2) is 5.82 Å². The Labute approximate surface area is 138 Å². The first-order valence-corrected chi connectivity index (χ1v) is 8.70. The van der Waals surface area contributed by atoms with Gasteiger partial charge in [0.2, 0.25) is 11.1 Å². The molecule has 5 nitrogen and oxygen atoms in total. The standard InChI is InChI=1S/C16H19FN4OS/c1-11-5-4-8-21(9-11)14(22)10-23-16-18-15(19-20-16)12-6-2-3-7-13(12)17/h2-3,6-7,11H,4-5,8-10H2,1H3,(H,18,19,20)/t11-/m0/s1. The van der Waals surface area contributed by atoms with E-state index < -0.39 is 0 Å². The first-order valence-electron chi connectivity index (χ1n) is 7.71. The number of aromatic nitrogens is 3. The highest BCUT2D eigenvalue weighted by atomic mass is 32.2. The van der Waals surface area contributed by atoms with Gasteiger partial charge in [-0.2, -0.15) is 0 Å². The Morgan fingerprint density at radius 2 is 2.30 bits per heavy atom. The third-order valence-electron chi connectivity index (χ3n) is 3.93. The smallest absolute Gasteiger partial charge is 0.233 e. The van der Waals surface area contributed by atoms with E-state index in [2.05, 4.69) is 22.1 Å². The predicted octanol–water partition coefficient (Wildman–Crippen LogP) is 2.96. The number of H-pyrrole nitrogens is 1. The number of benzene rings is 1. The quantitative estimate of drug-likeness (QED) is 0.873. The zero-order valence-corrected chi connectivity index (χ0v) is 13.8. The predicted molar refractivity (Wildman–Crippen MR) is 87.5 cm³/mol. The summed E-state index contributed by atoms with van der Waals surface area (Å²) in [5.41, 5.74) is 0.378. The Morgan fingerprint density at radius 3 is 3.09 bits per heavy atom. The number of halogens is 1. The minimum atomic E-state index is -0.349. The molecule has 1 amide bonds. The number of aromatic amines is 1. The van der Waals surface area contributed by atoms with Crippen molar-refractivity contribution in [3.8, 4) is 11.4 Å². The van der Waals surface area contributed by atoms with Crippen LogP contribution in [0, 0.1) is 11.7 Å². The number of nitrogens with one attached hydrogen (secondary N) is 1. The number of hydrogen-bond acceptors (Lipinski definition) is 4. The van der Waals surface area contributed by atoms with E-state index in [0.717, 1.165) is 19.5 Å². The molecule has 0 radical (unpaired) electrons. The summed E-state index contributed by atoms with van der Waals surface area (Å²) in [7, 11) is 0. The topological polar surface area (TPSA) is 61.9 Å². The largest absolute Gasteiger partial charge is 0.342 e. The second-order valence-electron chi connectivity index (χ2n) is 5.82. The number of likely N-dealkylation sites (tertiary alicyclic amines) is 1. The number of hydrogen-bond donors (Lipinski definition) is 1. The molecule has 1 aromatic carbocycles. The van der Waals surface area contributed by atoms with Gasteiger partial charge in [-0.15, -0.1) is 5.10 Å². The maximum Gasteiger partial charge on any atom is 0.233 e. The summed E-state index contributed by atoms with van der Waals surface area (Å²) in [6.07, 6.45) is 2.25. The van der Waals surface area contributed by atoms with Crippen LogP contribution in [0.25, 0.3) is 11.4 Å². The van der Waals surface area contributed by atoms with E-state index in [-0.39, 0.29) is 11.7 Å². The van der Waals surface area contributed by atoms with Crippen LogP contribution in [0.15, 0.2) is 29.4 Å². The van der Waals surface area contributed by atoms with E-state index in [4.69, 9.17) is 0 Å². The molecule has 1 aliphatic rings. The summed E-state index contributed by atoms with van der Waals surface area (Å²) >= 11 is 1.28. The normalized spacial score (nSPS) is 18.2. The van der Waals surface area contributed by atoms with Crippen molar-refractivity contribution in [2.45, 2.75) is 24.9 Å². The minimum absolute atomic E-state index is 0.110. The lowest BCUT2D eigenvalue weighted by Gasteiger charge is -2.30. The third-order valence-corrected chi connectivity index (χ3v) is 4.76. The Bertz CT molecular complexity index is 690.